The summed E-state index contributed by atoms with van der Waals surface area (Å²) >= 11 is 0. The van der Waals surface area contributed by atoms with E-state index in [-0.39, 0.29) is 16.9 Å². The van der Waals surface area contributed by atoms with Gasteiger partial charge in [0.2, 0.25) is 0 Å². The summed E-state index contributed by atoms with van der Waals surface area (Å²) in [5, 5.41) is 11.3. The first-order valence-corrected chi connectivity index (χ1v) is 9.67. The second kappa shape index (κ2) is 7.99. The Morgan fingerprint density at radius 2 is 1.75 bits per heavy atom. The fourth-order valence-corrected chi connectivity index (χ4v) is 3.48. The van der Waals surface area contributed by atoms with Crippen molar-refractivity contribution in [1.29, 1.82) is 0 Å². The summed E-state index contributed by atoms with van der Waals surface area (Å²) in [5.41, 5.74) is 2.36. The summed E-state index contributed by atoms with van der Waals surface area (Å²) in [5.74, 6) is -1.92. The van der Waals surface area contributed by atoms with Gasteiger partial charge in [0.05, 0.1) is 11.3 Å². The molecule has 2 aromatic carbocycles. The number of carbonyl (C=O) groups is 4. The van der Waals surface area contributed by atoms with E-state index in [0.29, 0.717) is 28.1 Å². The van der Waals surface area contributed by atoms with Crippen LogP contribution in [-0.2, 0) is 9.59 Å². The van der Waals surface area contributed by atoms with Crippen LogP contribution in [0.1, 0.15) is 27.2 Å². The molecule has 1 fully saturated rings. The average molecular weight is 430 g/mol. The summed E-state index contributed by atoms with van der Waals surface area (Å²) < 4.78 is 5.78. The van der Waals surface area contributed by atoms with Gasteiger partial charge in [-0.25, -0.2) is 14.5 Å². The zero-order valence-electron chi connectivity index (χ0n) is 17.2. The number of anilines is 1. The summed E-state index contributed by atoms with van der Waals surface area (Å²) in [6.45, 7) is 3.51. The molecule has 1 aliphatic heterocycles. The first kappa shape index (κ1) is 20.8. The van der Waals surface area contributed by atoms with Crippen LogP contribution in [0.3, 0.4) is 0 Å². The number of carbonyl (C=O) groups excluding carboxylic acids is 3. The maximum Gasteiger partial charge on any atom is 0.335 e. The van der Waals surface area contributed by atoms with E-state index in [0.717, 1.165) is 4.90 Å². The van der Waals surface area contributed by atoms with E-state index >= 15 is 0 Å². The normalized spacial score (nSPS) is 15.2. The van der Waals surface area contributed by atoms with Crippen LogP contribution in [0.5, 0.6) is 0 Å². The Morgan fingerprint density at radius 3 is 2.44 bits per heavy atom. The van der Waals surface area contributed by atoms with Gasteiger partial charge in [-0.1, -0.05) is 24.3 Å². The number of para-hydroxylation sites is 1. The number of carboxylic acid groups (broad SMARTS) is 1. The number of imide groups is 2. The molecule has 0 aliphatic carbocycles. The Balaban J connectivity index is 1.68. The zero-order chi connectivity index (χ0) is 23.0. The van der Waals surface area contributed by atoms with Crippen LogP contribution in [0, 0.1) is 13.8 Å². The number of urea groups is 1. The summed E-state index contributed by atoms with van der Waals surface area (Å²) in [6.07, 6.45) is 1.28. The monoisotopic (exact) mass is 430 g/mol. The number of amides is 4. The molecule has 1 saturated heterocycles. The highest BCUT2D eigenvalue weighted by Gasteiger charge is 2.37. The predicted molar refractivity (Wildman–Crippen MR) is 116 cm³/mol. The van der Waals surface area contributed by atoms with E-state index in [1.165, 1.54) is 18.2 Å². The van der Waals surface area contributed by atoms with E-state index in [9.17, 15) is 19.2 Å². The van der Waals surface area contributed by atoms with E-state index in [2.05, 4.69) is 5.32 Å². The average Bonchev–Trinajstić information content (AvgIpc) is 3.20. The van der Waals surface area contributed by atoms with Crippen molar-refractivity contribution in [2.75, 3.05) is 4.90 Å². The Hall–Kier alpha value is -4.46. The van der Waals surface area contributed by atoms with Crippen molar-refractivity contribution in [3.05, 3.63) is 82.6 Å². The number of furan rings is 1. The molecule has 1 aromatic heterocycles. The third-order valence-corrected chi connectivity index (χ3v) is 5.11. The van der Waals surface area contributed by atoms with Crippen molar-refractivity contribution in [2.45, 2.75) is 13.8 Å². The lowest BCUT2D eigenvalue weighted by Crippen LogP contribution is -2.54. The first-order valence-electron chi connectivity index (χ1n) is 9.67. The third-order valence-electron chi connectivity index (χ3n) is 5.11. The molecule has 8 heteroatoms. The fraction of sp³-hybridized carbons (Fsp3) is 0.0833. The number of benzene rings is 2. The molecule has 2 N–H and O–H groups in total. The fourth-order valence-electron chi connectivity index (χ4n) is 3.48. The second-order valence-corrected chi connectivity index (χ2v) is 7.28. The second-order valence-electron chi connectivity index (χ2n) is 7.28. The van der Waals surface area contributed by atoms with Gasteiger partial charge < -0.3 is 9.52 Å². The van der Waals surface area contributed by atoms with Crippen LogP contribution in [-0.4, -0.2) is 28.9 Å². The van der Waals surface area contributed by atoms with Gasteiger partial charge in [0.15, 0.2) is 0 Å². The largest absolute Gasteiger partial charge is 0.478 e. The minimum absolute atomic E-state index is 0.158. The number of barbiturate groups is 1. The smallest absolute Gasteiger partial charge is 0.335 e. The molecule has 0 spiro atoms. The highest BCUT2D eigenvalue weighted by Crippen LogP contribution is 2.29. The minimum Gasteiger partial charge on any atom is -0.478 e. The van der Waals surface area contributed by atoms with Gasteiger partial charge in [0, 0.05) is 5.56 Å². The molecule has 0 radical (unpaired) electrons. The van der Waals surface area contributed by atoms with Crippen molar-refractivity contribution in [2.24, 2.45) is 0 Å². The Kier molecular flexibility index (Phi) is 5.19. The Bertz CT molecular complexity index is 1320. The number of rotatable bonds is 4. The molecule has 0 unspecified atom stereocenters. The van der Waals surface area contributed by atoms with Crippen molar-refractivity contribution >= 4 is 35.6 Å². The molecule has 8 nitrogen and oxygen atoms in total. The van der Waals surface area contributed by atoms with Gasteiger partial charge in [-0.15, -0.1) is 0 Å². The predicted octanol–water partition coefficient (Wildman–Crippen LogP) is 3.93. The highest BCUT2D eigenvalue weighted by atomic mass is 16.4. The van der Waals surface area contributed by atoms with Crippen LogP contribution >= 0.6 is 0 Å². The van der Waals surface area contributed by atoms with Gasteiger partial charge in [0.25, 0.3) is 11.8 Å². The standard InChI is InChI=1S/C24H18N2O6/c1-13-5-3-4-6-19(13)26-22(28)18(21(27)25-24(26)31)12-16-8-10-20(32-16)17-9-7-15(23(29)30)11-14(17)2/h3-12H,1-2H3,(H,29,30)(H,25,27,31)/b18-12+. The van der Waals surface area contributed by atoms with Crippen LogP contribution in [0.2, 0.25) is 0 Å². The van der Waals surface area contributed by atoms with Crippen molar-refractivity contribution in [1.82, 2.24) is 5.32 Å². The molecule has 1 aliphatic rings. The third kappa shape index (κ3) is 3.69. The van der Waals surface area contributed by atoms with Crippen molar-refractivity contribution in [3.63, 3.8) is 0 Å². The lowest BCUT2D eigenvalue weighted by Gasteiger charge is -2.27. The highest BCUT2D eigenvalue weighted by molar-refractivity contribution is 6.39. The van der Waals surface area contributed by atoms with Gasteiger partial charge in [-0.3, -0.25) is 14.9 Å². The number of hydrogen-bond acceptors (Lipinski definition) is 5. The lowest BCUT2D eigenvalue weighted by atomic mass is 10.0. The summed E-state index contributed by atoms with van der Waals surface area (Å²) in [7, 11) is 0. The quantitative estimate of drug-likeness (QED) is 0.479. The minimum atomic E-state index is -1.03. The van der Waals surface area contributed by atoms with Crippen LogP contribution in [0.15, 0.2) is 64.6 Å². The maximum absolute atomic E-state index is 13.0. The summed E-state index contributed by atoms with van der Waals surface area (Å²) in [6, 6.07) is 13.9. The topological polar surface area (TPSA) is 117 Å². The van der Waals surface area contributed by atoms with Gasteiger partial charge >= 0.3 is 12.0 Å². The number of aromatic carboxylic acids is 1. The molecular formula is C24H18N2O6. The molecule has 32 heavy (non-hydrogen) atoms. The lowest BCUT2D eigenvalue weighted by molar-refractivity contribution is -0.122. The van der Waals surface area contributed by atoms with Crippen LogP contribution in [0.4, 0.5) is 10.5 Å². The summed E-state index contributed by atoms with van der Waals surface area (Å²) in [4.78, 5) is 49.8. The number of carboxylic acids is 1. The van der Waals surface area contributed by atoms with E-state index in [1.54, 1.807) is 56.3 Å². The van der Waals surface area contributed by atoms with Crippen LogP contribution in [0.25, 0.3) is 17.4 Å². The zero-order valence-corrected chi connectivity index (χ0v) is 17.2. The van der Waals surface area contributed by atoms with Crippen molar-refractivity contribution in [3.8, 4) is 11.3 Å². The van der Waals surface area contributed by atoms with Gasteiger partial charge in [0.1, 0.15) is 17.1 Å². The molecule has 4 amide bonds. The van der Waals surface area contributed by atoms with Gasteiger partial charge in [-0.2, -0.15) is 0 Å². The van der Waals surface area contributed by atoms with Crippen LogP contribution < -0.4 is 10.2 Å². The first-order chi connectivity index (χ1) is 15.3. The molecule has 0 saturated carbocycles. The van der Waals surface area contributed by atoms with E-state index in [4.69, 9.17) is 9.52 Å². The SMILES string of the molecule is Cc1cc(C(=O)O)ccc1-c1ccc(/C=C2\C(=O)NC(=O)N(c3ccccc3C)C2=O)o1. The molecule has 4 rings (SSSR count). The Morgan fingerprint density at radius 1 is 1.00 bits per heavy atom. The number of nitrogens with zero attached hydrogens (tertiary/aromatic N) is 1. The maximum atomic E-state index is 13.0. The Labute approximate surface area is 182 Å². The number of hydrogen-bond donors (Lipinski definition) is 2. The molecule has 0 bridgehead atoms. The molecule has 0 atom stereocenters. The number of aryl methyl sites for hydroxylation is 2. The molecule has 160 valence electrons. The molecule has 3 aromatic rings. The van der Waals surface area contributed by atoms with Gasteiger partial charge in [-0.05, 0) is 61.4 Å². The number of nitrogens with one attached hydrogen (secondary N) is 1. The molecular weight excluding hydrogens is 412 g/mol. The van der Waals surface area contributed by atoms with Crippen molar-refractivity contribution < 1.29 is 28.7 Å². The van der Waals surface area contributed by atoms with E-state index in [1.807, 2.05) is 0 Å². The molecule has 2 heterocycles. The van der Waals surface area contributed by atoms with E-state index < -0.39 is 23.8 Å².